The zero-order chi connectivity index (χ0) is 14.7. The molecule has 0 spiro atoms. The van der Waals surface area contributed by atoms with Gasteiger partial charge in [0.1, 0.15) is 11.4 Å². The fraction of sp³-hybridized carbons (Fsp3) is 0.312. The van der Waals surface area contributed by atoms with E-state index in [-0.39, 0.29) is 11.7 Å². The molecule has 110 valence electrons. The Hall–Kier alpha value is -2.27. The molecule has 1 amide bonds. The second-order valence-electron chi connectivity index (χ2n) is 5.25. The number of nitrogens with one attached hydrogen (secondary N) is 2. The van der Waals surface area contributed by atoms with Crippen LogP contribution in [0, 0.1) is 0 Å². The highest BCUT2D eigenvalue weighted by Crippen LogP contribution is 2.24. The summed E-state index contributed by atoms with van der Waals surface area (Å²) in [6, 6.07) is 10.8. The summed E-state index contributed by atoms with van der Waals surface area (Å²) in [6.45, 7) is 1.95. The fourth-order valence-corrected chi connectivity index (χ4v) is 2.76. The van der Waals surface area contributed by atoms with Crippen LogP contribution in [0.5, 0.6) is 5.75 Å². The third kappa shape index (κ3) is 2.92. The van der Waals surface area contributed by atoms with Crippen molar-refractivity contribution in [2.75, 3.05) is 18.4 Å². The van der Waals surface area contributed by atoms with Gasteiger partial charge in [-0.2, -0.15) is 0 Å². The zero-order valence-electron chi connectivity index (χ0n) is 11.7. The molecule has 1 aromatic carbocycles. The molecule has 1 aromatic heterocycles. The number of nitrogens with zero attached hydrogens (tertiary/aromatic N) is 1. The Labute approximate surface area is 123 Å². The normalized spacial score (nSPS) is 15.8. The third-order valence-corrected chi connectivity index (χ3v) is 3.87. The summed E-state index contributed by atoms with van der Waals surface area (Å²) in [6.07, 6.45) is 3.99. The maximum Gasteiger partial charge on any atom is 0.272 e. The predicted molar refractivity (Wildman–Crippen MR) is 81.6 cm³/mol. The van der Waals surface area contributed by atoms with Crippen LogP contribution in [0.2, 0.25) is 0 Å². The molecule has 0 saturated carbocycles. The van der Waals surface area contributed by atoms with Crippen molar-refractivity contribution in [1.82, 2.24) is 9.88 Å². The second-order valence-corrected chi connectivity index (χ2v) is 5.25. The van der Waals surface area contributed by atoms with E-state index in [2.05, 4.69) is 10.6 Å². The summed E-state index contributed by atoms with van der Waals surface area (Å²) in [5.41, 5.74) is 1.06. The van der Waals surface area contributed by atoms with Crippen LogP contribution in [0.3, 0.4) is 0 Å². The van der Waals surface area contributed by atoms with Gasteiger partial charge in [-0.1, -0.05) is 12.1 Å². The van der Waals surface area contributed by atoms with Crippen LogP contribution in [0.25, 0.3) is 0 Å². The van der Waals surface area contributed by atoms with E-state index in [4.69, 9.17) is 0 Å². The average Bonchev–Trinajstić information content (AvgIpc) is 3.00. The maximum absolute atomic E-state index is 12.4. The lowest BCUT2D eigenvalue weighted by atomic mass is 10.1. The molecule has 0 radical (unpaired) electrons. The summed E-state index contributed by atoms with van der Waals surface area (Å²) in [5.74, 6) is -0.120. The van der Waals surface area contributed by atoms with Crippen molar-refractivity contribution in [1.29, 1.82) is 0 Å². The van der Waals surface area contributed by atoms with Gasteiger partial charge in [-0.25, -0.2) is 0 Å². The summed E-state index contributed by atoms with van der Waals surface area (Å²) in [7, 11) is 0. The predicted octanol–water partition coefficient (Wildman–Crippen LogP) is 2.37. The Balaban J connectivity index is 1.79. The highest BCUT2D eigenvalue weighted by Gasteiger charge is 2.20. The largest absolute Gasteiger partial charge is 0.506 e. The molecule has 1 aliphatic rings. The average molecular weight is 285 g/mol. The summed E-state index contributed by atoms with van der Waals surface area (Å²) >= 11 is 0. The van der Waals surface area contributed by atoms with Gasteiger partial charge >= 0.3 is 0 Å². The first-order valence-corrected chi connectivity index (χ1v) is 7.22. The number of para-hydroxylation sites is 2. The molecule has 5 heteroatoms. The number of aromatic nitrogens is 1. The van der Waals surface area contributed by atoms with Crippen LogP contribution in [0.4, 0.5) is 5.69 Å². The number of benzene rings is 1. The minimum absolute atomic E-state index is 0.0748. The number of hydrogen-bond acceptors (Lipinski definition) is 3. The Kier molecular flexibility index (Phi) is 3.92. The number of piperidine rings is 1. The Bertz CT molecular complexity index is 630. The Morgan fingerprint density at radius 2 is 1.95 bits per heavy atom. The van der Waals surface area contributed by atoms with Crippen LogP contribution in [-0.2, 0) is 0 Å². The number of carbonyl (C=O) groups excluding carboxylic acids is 1. The van der Waals surface area contributed by atoms with Crippen LogP contribution in [-0.4, -0.2) is 28.7 Å². The smallest absolute Gasteiger partial charge is 0.272 e. The first-order chi connectivity index (χ1) is 10.3. The monoisotopic (exact) mass is 285 g/mol. The molecule has 2 heterocycles. The van der Waals surface area contributed by atoms with Gasteiger partial charge in [0.15, 0.2) is 0 Å². The Morgan fingerprint density at radius 3 is 2.71 bits per heavy atom. The molecule has 1 fully saturated rings. The molecule has 21 heavy (non-hydrogen) atoms. The summed E-state index contributed by atoms with van der Waals surface area (Å²) in [4.78, 5) is 12.4. The molecule has 1 saturated heterocycles. The lowest BCUT2D eigenvalue weighted by Crippen LogP contribution is -2.31. The van der Waals surface area contributed by atoms with Crippen LogP contribution >= 0.6 is 0 Å². The lowest BCUT2D eigenvalue weighted by molar-refractivity contribution is 0.101. The van der Waals surface area contributed by atoms with E-state index < -0.39 is 0 Å². The van der Waals surface area contributed by atoms with E-state index in [1.807, 2.05) is 22.9 Å². The van der Waals surface area contributed by atoms with Gasteiger partial charge < -0.3 is 20.3 Å². The molecule has 3 rings (SSSR count). The van der Waals surface area contributed by atoms with E-state index in [1.54, 1.807) is 24.3 Å². The molecular weight excluding hydrogens is 266 g/mol. The second kappa shape index (κ2) is 6.01. The van der Waals surface area contributed by atoms with E-state index in [0.717, 1.165) is 25.9 Å². The number of hydrogen-bond donors (Lipinski definition) is 3. The van der Waals surface area contributed by atoms with Crippen LogP contribution < -0.4 is 10.6 Å². The number of rotatable bonds is 3. The molecule has 5 nitrogen and oxygen atoms in total. The van der Waals surface area contributed by atoms with E-state index in [1.165, 1.54) is 0 Å². The van der Waals surface area contributed by atoms with Crippen molar-refractivity contribution in [3.63, 3.8) is 0 Å². The molecule has 2 aromatic rings. The van der Waals surface area contributed by atoms with Crippen molar-refractivity contribution in [2.45, 2.75) is 18.9 Å². The van der Waals surface area contributed by atoms with Gasteiger partial charge in [-0.05, 0) is 50.2 Å². The van der Waals surface area contributed by atoms with Crippen LogP contribution in [0.1, 0.15) is 29.4 Å². The first-order valence-electron chi connectivity index (χ1n) is 7.22. The molecule has 0 aliphatic carbocycles. The van der Waals surface area contributed by atoms with E-state index in [0.29, 0.717) is 17.4 Å². The number of carbonyl (C=O) groups is 1. The SMILES string of the molecule is O=C(Nc1ccccc1O)c1cccn1C1CCNCC1. The molecule has 0 bridgehead atoms. The number of amides is 1. The van der Waals surface area contributed by atoms with Gasteiger partial charge in [0, 0.05) is 12.2 Å². The van der Waals surface area contributed by atoms with Gasteiger partial charge in [0.05, 0.1) is 5.69 Å². The van der Waals surface area contributed by atoms with Crippen molar-refractivity contribution in [2.24, 2.45) is 0 Å². The van der Waals surface area contributed by atoms with Gasteiger partial charge in [-0.3, -0.25) is 4.79 Å². The molecule has 3 N–H and O–H groups in total. The number of aromatic hydroxyl groups is 1. The van der Waals surface area contributed by atoms with Crippen LogP contribution in [0.15, 0.2) is 42.6 Å². The Morgan fingerprint density at radius 1 is 1.19 bits per heavy atom. The van der Waals surface area contributed by atoms with Crippen molar-refractivity contribution < 1.29 is 9.90 Å². The minimum atomic E-state index is -0.194. The number of phenols is 1. The standard InChI is InChI=1S/C16H19N3O2/c20-15-6-2-1-4-13(15)18-16(21)14-5-3-11-19(14)12-7-9-17-10-8-12/h1-6,11-12,17,20H,7-10H2,(H,18,21). The highest BCUT2D eigenvalue weighted by atomic mass is 16.3. The van der Waals surface area contributed by atoms with Crippen molar-refractivity contribution >= 4 is 11.6 Å². The number of phenolic OH excluding ortho intramolecular Hbond substituents is 1. The molecular formula is C16H19N3O2. The van der Waals surface area contributed by atoms with Gasteiger partial charge in [-0.15, -0.1) is 0 Å². The molecule has 0 unspecified atom stereocenters. The fourth-order valence-electron chi connectivity index (χ4n) is 2.76. The topological polar surface area (TPSA) is 66.3 Å². The number of anilines is 1. The lowest BCUT2D eigenvalue weighted by Gasteiger charge is -2.25. The first kappa shape index (κ1) is 13.7. The van der Waals surface area contributed by atoms with Gasteiger partial charge in [0.2, 0.25) is 0 Å². The summed E-state index contributed by atoms with van der Waals surface area (Å²) < 4.78 is 2.04. The van der Waals surface area contributed by atoms with Crippen molar-refractivity contribution in [3.05, 3.63) is 48.3 Å². The minimum Gasteiger partial charge on any atom is -0.506 e. The van der Waals surface area contributed by atoms with E-state index >= 15 is 0 Å². The maximum atomic E-state index is 12.4. The zero-order valence-corrected chi connectivity index (χ0v) is 11.7. The quantitative estimate of drug-likeness (QED) is 0.759. The highest BCUT2D eigenvalue weighted by molar-refractivity contribution is 6.04. The summed E-state index contributed by atoms with van der Waals surface area (Å²) in [5, 5.41) is 15.8. The third-order valence-electron chi connectivity index (χ3n) is 3.87. The molecule has 0 atom stereocenters. The van der Waals surface area contributed by atoms with Crippen molar-refractivity contribution in [3.8, 4) is 5.75 Å². The van der Waals surface area contributed by atoms with Gasteiger partial charge in [0.25, 0.3) is 5.91 Å². The van der Waals surface area contributed by atoms with E-state index in [9.17, 15) is 9.90 Å². The molecule has 1 aliphatic heterocycles.